The number of pyridine rings is 1. The van der Waals surface area contributed by atoms with Crippen LogP contribution in [0.25, 0.3) is 0 Å². The Morgan fingerprint density at radius 2 is 2.00 bits per heavy atom. The lowest BCUT2D eigenvalue weighted by molar-refractivity contribution is -0.142. The highest BCUT2D eigenvalue weighted by Crippen LogP contribution is 2.36. The molecule has 1 aromatic heterocycles. The molecule has 1 rings (SSSR count). The van der Waals surface area contributed by atoms with E-state index in [4.69, 9.17) is 16.7 Å². The van der Waals surface area contributed by atoms with Gasteiger partial charge in [-0.3, -0.25) is 4.79 Å². The van der Waals surface area contributed by atoms with Crippen LogP contribution in [0.5, 0.6) is 0 Å². The van der Waals surface area contributed by atoms with Crippen LogP contribution < -0.4 is 0 Å². The number of rotatable bonds is 3. The highest BCUT2D eigenvalue weighted by atomic mass is 35.5. The van der Waals surface area contributed by atoms with E-state index < -0.39 is 47.0 Å². The average molecular weight is 290 g/mol. The van der Waals surface area contributed by atoms with E-state index in [1.807, 2.05) is 0 Å². The minimum Gasteiger partial charge on any atom is -0.481 e. The minimum absolute atomic E-state index is 0.389. The predicted molar refractivity (Wildman–Crippen MR) is 50.5 cm³/mol. The van der Waals surface area contributed by atoms with E-state index in [0.29, 0.717) is 6.07 Å². The summed E-state index contributed by atoms with van der Waals surface area (Å²) in [4.78, 5) is 13.3. The second-order valence-electron chi connectivity index (χ2n) is 3.22. The fourth-order valence-electron chi connectivity index (χ4n) is 1.21. The Bertz CT molecular complexity index is 475. The molecule has 0 atom stereocenters. The second-order valence-corrected chi connectivity index (χ2v) is 3.63. The van der Waals surface area contributed by atoms with Crippen molar-refractivity contribution in [2.24, 2.45) is 0 Å². The molecule has 1 heterocycles. The Morgan fingerprint density at radius 1 is 1.44 bits per heavy atom. The number of hydrogen-bond donors (Lipinski definition) is 1. The van der Waals surface area contributed by atoms with Gasteiger partial charge in [0.05, 0.1) is 17.1 Å². The van der Waals surface area contributed by atoms with Gasteiger partial charge in [-0.1, -0.05) is 11.6 Å². The smallest absolute Gasteiger partial charge is 0.434 e. The van der Waals surface area contributed by atoms with Crippen molar-refractivity contribution >= 4 is 17.6 Å². The van der Waals surface area contributed by atoms with Crippen molar-refractivity contribution in [2.75, 3.05) is 0 Å². The first-order chi connectivity index (χ1) is 8.12. The number of halogens is 6. The summed E-state index contributed by atoms with van der Waals surface area (Å²) in [6.45, 7) is 0. The molecule has 18 heavy (non-hydrogen) atoms. The molecule has 0 aliphatic carbocycles. The normalized spacial score (nSPS) is 11.9. The summed E-state index contributed by atoms with van der Waals surface area (Å²) in [6.07, 6.45) is -9.14. The summed E-state index contributed by atoms with van der Waals surface area (Å²) in [5, 5.41) is 7.44. The summed E-state index contributed by atoms with van der Waals surface area (Å²) in [5.74, 6) is -1.57. The van der Waals surface area contributed by atoms with Crippen LogP contribution in [0, 0.1) is 0 Å². The van der Waals surface area contributed by atoms with Gasteiger partial charge < -0.3 is 5.11 Å². The van der Waals surface area contributed by atoms with Gasteiger partial charge in [-0.2, -0.15) is 13.2 Å². The molecule has 0 aromatic carbocycles. The van der Waals surface area contributed by atoms with Gasteiger partial charge in [-0.25, -0.2) is 13.8 Å². The van der Waals surface area contributed by atoms with Crippen LogP contribution in [0.15, 0.2) is 6.07 Å². The molecule has 0 aliphatic rings. The largest absolute Gasteiger partial charge is 0.481 e. The standard InChI is InChI=1S/C9H5ClF5NO2/c10-4-1-3(8(11)12)5(2-6(17)18)16-7(4)9(13,14)15/h1,8H,2H2,(H,17,18). The Hall–Kier alpha value is -1.44. The van der Waals surface area contributed by atoms with Crippen LogP contribution in [0.1, 0.15) is 23.4 Å². The molecule has 0 amide bonds. The summed E-state index contributed by atoms with van der Waals surface area (Å²) in [5.41, 5.74) is -3.35. The quantitative estimate of drug-likeness (QED) is 0.869. The molecule has 0 radical (unpaired) electrons. The third-order valence-corrected chi connectivity index (χ3v) is 2.20. The highest BCUT2D eigenvalue weighted by Gasteiger charge is 2.37. The maximum Gasteiger partial charge on any atom is 0.434 e. The number of aromatic nitrogens is 1. The molecule has 1 N–H and O–H groups in total. The molecule has 3 nitrogen and oxygen atoms in total. The maximum absolute atomic E-state index is 12.5. The molecule has 0 bridgehead atoms. The first kappa shape index (κ1) is 14.6. The van der Waals surface area contributed by atoms with Crippen LogP contribution in [0.2, 0.25) is 5.02 Å². The fourth-order valence-corrected chi connectivity index (χ4v) is 1.48. The third kappa shape index (κ3) is 3.28. The third-order valence-electron chi connectivity index (χ3n) is 1.91. The molecular weight excluding hydrogens is 285 g/mol. The van der Waals surface area contributed by atoms with Crippen molar-refractivity contribution in [1.29, 1.82) is 0 Å². The van der Waals surface area contributed by atoms with Crippen molar-refractivity contribution in [3.8, 4) is 0 Å². The van der Waals surface area contributed by atoms with Crippen molar-refractivity contribution in [3.05, 3.63) is 28.0 Å². The summed E-state index contributed by atoms with van der Waals surface area (Å²) < 4.78 is 62.3. The van der Waals surface area contributed by atoms with Crippen LogP contribution in [-0.2, 0) is 17.4 Å². The van der Waals surface area contributed by atoms with Gasteiger partial charge in [0.2, 0.25) is 0 Å². The zero-order valence-corrected chi connectivity index (χ0v) is 9.19. The zero-order valence-electron chi connectivity index (χ0n) is 8.43. The highest BCUT2D eigenvalue weighted by molar-refractivity contribution is 6.31. The van der Waals surface area contributed by atoms with Gasteiger partial charge in [0, 0.05) is 5.56 Å². The monoisotopic (exact) mass is 289 g/mol. The molecule has 0 saturated heterocycles. The number of hydrogen-bond acceptors (Lipinski definition) is 2. The van der Waals surface area contributed by atoms with E-state index in [9.17, 15) is 26.7 Å². The Labute approximate surface area is 102 Å². The SMILES string of the molecule is O=C(O)Cc1nc(C(F)(F)F)c(Cl)cc1C(F)F. The van der Waals surface area contributed by atoms with E-state index in [0.717, 1.165) is 0 Å². The fraction of sp³-hybridized carbons (Fsp3) is 0.333. The van der Waals surface area contributed by atoms with Gasteiger partial charge in [-0.05, 0) is 6.07 Å². The van der Waals surface area contributed by atoms with Crippen LogP contribution in [0.4, 0.5) is 22.0 Å². The molecule has 0 fully saturated rings. The number of nitrogens with zero attached hydrogens (tertiary/aromatic N) is 1. The molecule has 0 saturated carbocycles. The lowest BCUT2D eigenvalue weighted by Gasteiger charge is -2.13. The Morgan fingerprint density at radius 3 is 2.39 bits per heavy atom. The molecular formula is C9H5ClF5NO2. The lowest BCUT2D eigenvalue weighted by atomic mass is 10.1. The zero-order chi connectivity index (χ0) is 14.1. The predicted octanol–water partition coefficient (Wildman–Crippen LogP) is 3.32. The van der Waals surface area contributed by atoms with Gasteiger partial charge >= 0.3 is 12.1 Å². The number of alkyl halides is 5. The van der Waals surface area contributed by atoms with E-state index in [1.54, 1.807) is 0 Å². The van der Waals surface area contributed by atoms with Gasteiger partial charge in [0.15, 0.2) is 5.69 Å². The summed E-state index contributed by atoms with van der Waals surface area (Å²) >= 11 is 5.20. The lowest BCUT2D eigenvalue weighted by Crippen LogP contribution is -2.14. The molecule has 100 valence electrons. The second kappa shape index (κ2) is 5.05. The molecule has 0 aliphatic heterocycles. The Balaban J connectivity index is 3.40. The van der Waals surface area contributed by atoms with E-state index >= 15 is 0 Å². The topological polar surface area (TPSA) is 50.2 Å². The van der Waals surface area contributed by atoms with Crippen LogP contribution >= 0.6 is 11.6 Å². The van der Waals surface area contributed by atoms with Gasteiger partial charge in [-0.15, -0.1) is 0 Å². The first-order valence-electron chi connectivity index (χ1n) is 4.39. The molecule has 0 unspecified atom stereocenters. The maximum atomic E-state index is 12.5. The van der Waals surface area contributed by atoms with Crippen molar-refractivity contribution in [2.45, 2.75) is 19.0 Å². The van der Waals surface area contributed by atoms with E-state index in [1.165, 1.54) is 0 Å². The number of aliphatic carboxylic acids is 1. The van der Waals surface area contributed by atoms with E-state index in [2.05, 4.69) is 4.98 Å². The Kier molecular flexibility index (Phi) is 4.10. The average Bonchev–Trinajstić information content (AvgIpc) is 2.17. The number of carboxylic acid groups (broad SMARTS) is 1. The molecule has 1 aromatic rings. The van der Waals surface area contributed by atoms with Gasteiger partial charge in [0.1, 0.15) is 0 Å². The van der Waals surface area contributed by atoms with Crippen LogP contribution in [-0.4, -0.2) is 16.1 Å². The van der Waals surface area contributed by atoms with Crippen LogP contribution in [0.3, 0.4) is 0 Å². The van der Waals surface area contributed by atoms with Crippen molar-refractivity contribution in [3.63, 3.8) is 0 Å². The summed E-state index contributed by atoms with van der Waals surface area (Å²) in [7, 11) is 0. The van der Waals surface area contributed by atoms with Gasteiger partial charge in [0.25, 0.3) is 6.43 Å². The number of carboxylic acids is 1. The first-order valence-corrected chi connectivity index (χ1v) is 4.77. The van der Waals surface area contributed by atoms with Crippen molar-refractivity contribution in [1.82, 2.24) is 4.98 Å². The minimum atomic E-state index is -4.94. The summed E-state index contributed by atoms with van der Waals surface area (Å²) in [6, 6.07) is 0.389. The molecule has 0 spiro atoms. The van der Waals surface area contributed by atoms with E-state index in [-0.39, 0.29) is 0 Å². The number of carbonyl (C=O) groups is 1. The van der Waals surface area contributed by atoms with Crippen molar-refractivity contribution < 1.29 is 31.9 Å². The molecule has 9 heteroatoms.